The summed E-state index contributed by atoms with van der Waals surface area (Å²) in [7, 11) is 1.72. The Hall–Kier alpha value is -1.88. The lowest BCUT2D eigenvalue weighted by atomic mass is 9.83. The first-order chi connectivity index (χ1) is 11.8. The average Bonchev–Trinajstić information content (AvgIpc) is 3.10. The maximum atomic E-state index is 5.60. The molecule has 0 spiro atoms. The number of rotatable bonds is 4. The van der Waals surface area contributed by atoms with E-state index in [2.05, 4.69) is 22.6 Å². The molecule has 2 aliphatic rings. The second-order valence-corrected chi connectivity index (χ2v) is 7.02. The summed E-state index contributed by atoms with van der Waals surface area (Å²) in [6.45, 7) is 2.22. The van der Waals surface area contributed by atoms with E-state index in [1.807, 2.05) is 6.07 Å². The Morgan fingerprint density at radius 2 is 2.08 bits per heavy atom. The van der Waals surface area contributed by atoms with Crippen molar-refractivity contribution in [2.24, 2.45) is 5.92 Å². The van der Waals surface area contributed by atoms with Gasteiger partial charge in [0.2, 0.25) is 5.89 Å². The first-order valence-electron chi connectivity index (χ1n) is 9.01. The minimum atomic E-state index is 0.347. The monoisotopic (exact) mass is 327 g/mol. The van der Waals surface area contributed by atoms with Crippen molar-refractivity contribution in [3.8, 4) is 5.75 Å². The van der Waals surface area contributed by atoms with Crippen LogP contribution in [-0.2, 0) is 19.3 Å². The number of ether oxygens (including phenoxy) is 1. The largest absolute Gasteiger partial charge is 0.497 e. The van der Waals surface area contributed by atoms with E-state index in [1.165, 1.54) is 24.0 Å². The molecule has 4 rings (SSSR count). The number of nitrogens with zero attached hydrogens (tertiary/aromatic N) is 2. The molecular weight excluding hydrogens is 302 g/mol. The van der Waals surface area contributed by atoms with Crippen molar-refractivity contribution in [1.29, 1.82) is 0 Å². The third kappa shape index (κ3) is 3.31. The number of hydrogen-bond donors (Lipinski definition) is 1. The molecule has 1 aliphatic heterocycles. The topological polar surface area (TPSA) is 60.2 Å². The van der Waals surface area contributed by atoms with Crippen molar-refractivity contribution >= 4 is 0 Å². The molecule has 1 aliphatic carbocycles. The third-order valence-electron chi connectivity index (χ3n) is 5.40. The highest BCUT2D eigenvalue weighted by atomic mass is 16.5. The highest BCUT2D eigenvalue weighted by molar-refractivity contribution is 5.38. The van der Waals surface area contributed by atoms with Crippen molar-refractivity contribution in [3.63, 3.8) is 0 Å². The molecule has 1 atom stereocenters. The van der Waals surface area contributed by atoms with Crippen LogP contribution < -0.4 is 10.1 Å². The number of piperidine rings is 1. The minimum absolute atomic E-state index is 0.347. The van der Waals surface area contributed by atoms with Gasteiger partial charge in [-0.15, -0.1) is 0 Å². The molecule has 2 aromatic rings. The number of fused-ring (bicyclic) bond motifs is 1. The van der Waals surface area contributed by atoms with Crippen LogP contribution in [0.25, 0.3) is 0 Å². The van der Waals surface area contributed by atoms with Gasteiger partial charge in [-0.2, -0.15) is 4.98 Å². The van der Waals surface area contributed by atoms with Gasteiger partial charge >= 0.3 is 0 Å². The number of methoxy groups -OCH3 is 1. The molecule has 1 aromatic carbocycles. The maximum absolute atomic E-state index is 5.60. The number of nitrogens with one attached hydrogen (secondary N) is 1. The Morgan fingerprint density at radius 3 is 2.92 bits per heavy atom. The average molecular weight is 327 g/mol. The molecular formula is C19H25N3O2. The van der Waals surface area contributed by atoms with Crippen molar-refractivity contribution in [2.45, 2.75) is 44.4 Å². The highest BCUT2D eigenvalue weighted by Crippen LogP contribution is 2.33. The minimum Gasteiger partial charge on any atom is -0.497 e. The SMILES string of the molecule is COc1ccc2c(c1)CCC(c1nc(CC3CCNCC3)no1)C2. The molecule has 1 aromatic heterocycles. The molecule has 0 amide bonds. The summed E-state index contributed by atoms with van der Waals surface area (Å²) < 4.78 is 10.9. The molecule has 0 bridgehead atoms. The van der Waals surface area contributed by atoms with Crippen LogP contribution in [0.2, 0.25) is 0 Å². The van der Waals surface area contributed by atoms with Crippen LogP contribution in [0, 0.1) is 5.92 Å². The molecule has 1 saturated heterocycles. The number of aryl methyl sites for hydroxylation is 1. The van der Waals surface area contributed by atoms with Crippen molar-refractivity contribution in [3.05, 3.63) is 41.0 Å². The van der Waals surface area contributed by atoms with E-state index in [4.69, 9.17) is 14.2 Å². The Bertz CT molecular complexity index is 692. The first kappa shape index (κ1) is 15.6. The van der Waals surface area contributed by atoms with E-state index < -0.39 is 0 Å². The van der Waals surface area contributed by atoms with Gasteiger partial charge in [0.1, 0.15) is 5.75 Å². The first-order valence-corrected chi connectivity index (χ1v) is 9.01. The van der Waals surface area contributed by atoms with Gasteiger partial charge in [0.15, 0.2) is 5.82 Å². The number of aromatic nitrogens is 2. The van der Waals surface area contributed by atoms with Crippen LogP contribution in [0.15, 0.2) is 22.7 Å². The molecule has 2 heterocycles. The summed E-state index contributed by atoms with van der Waals surface area (Å²) in [5, 5.41) is 7.64. The van der Waals surface area contributed by atoms with E-state index in [9.17, 15) is 0 Å². The molecule has 1 fully saturated rings. The van der Waals surface area contributed by atoms with E-state index in [-0.39, 0.29) is 0 Å². The fourth-order valence-corrected chi connectivity index (χ4v) is 3.93. The summed E-state index contributed by atoms with van der Waals surface area (Å²) >= 11 is 0. The zero-order valence-electron chi connectivity index (χ0n) is 14.3. The Morgan fingerprint density at radius 1 is 1.21 bits per heavy atom. The quantitative estimate of drug-likeness (QED) is 0.935. The van der Waals surface area contributed by atoms with Gasteiger partial charge in [-0.25, -0.2) is 0 Å². The zero-order valence-corrected chi connectivity index (χ0v) is 14.3. The number of hydrogen-bond acceptors (Lipinski definition) is 5. The third-order valence-corrected chi connectivity index (χ3v) is 5.40. The Labute approximate surface area is 142 Å². The predicted molar refractivity (Wildman–Crippen MR) is 91.4 cm³/mol. The van der Waals surface area contributed by atoms with Gasteiger partial charge in [0.25, 0.3) is 0 Å². The zero-order chi connectivity index (χ0) is 16.4. The standard InChI is InChI=1S/C19H25N3O2/c1-23-17-5-4-14-11-16(3-2-15(14)12-17)19-21-18(22-24-19)10-13-6-8-20-9-7-13/h4-5,12-13,16,20H,2-3,6-11H2,1H3. The second kappa shape index (κ2) is 6.93. The van der Waals surface area contributed by atoms with Crippen LogP contribution in [-0.4, -0.2) is 30.3 Å². The smallest absolute Gasteiger partial charge is 0.230 e. The molecule has 1 N–H and O–H groups in total. The summed E-state index contributed by atoms with van der Waals surface area (Å²) in [4.78, 5) is 4.71. The molecule has 0 radical (unpaired) electrons. The van der Waals surface area contributed by atoms with Crippen LogP contribution >= 0.6 is 0 Å². The fraction of sp³-hybridized carbons (Fsp3) is 0.579. The van der Waals surface area contributed by atoms with Crippen LogP contribution in [0.4, 0.5) is 0 Å². The number of benzene rings is 1. The lowest BCUT2D eigenvalue weighted by molar-refractivity contribution is 0.328. The molecule has 1 unspecified atom stereocenters. The molecule has 5 heteroatoms. The molecule has 5 nitrogen and oxygen atoms in total. The summed E-state index contributed by atoms with van der Waals surface area (Å²) in [5.41, 5.74) is 2.77. The maximum Gasteiger partial charge on any atom is 0.230 e. The van der Waals surface area contributed by atoms with E-state index in [0.29, 0.717) is 11.8 Å². The molecule has 128 valence electrons. The van der Waals surface area contributed by atoms with Crippen LogP contribution in [0.1, 0.15) is 48.0 Å². The highest BCUT2D eigenvalue weighted by Gasteiger charge is 2.26. The van der Waals surface area contributed by atoms with E-state index in [0.717, 1.165) is 56.2 Å². The summed E-state index contributed by atoms with van der Waals surface area (Å²) in [6, 6.07) is 6.37. The van der Waals surface area contributed by atoms with E-state index >= 15 is 0 Å². The van der Waals surface area contributed by atoms with Gasteiger partial charge in [0, 0.05) is 12.3 Å². The van der Waals surface area contributed by atoms with Gasteiger partial charge in [-0.3, -0.25) is 0 Å². The lowest BCUT2D eigenvalue weighted by Crippen LogP contribution is -2.28. The van der Waals surface area contributed by atoms with Crippen LogP contribution in [0.5, 0.6) is 5.75 Å². The molecule has 0 saturated carbocycles. The van der Waals surface area contributed by atoms with Crippen LogP contribution in [0.3, 0.4) is 0 Å². The summed E-state index contributed by atoms with van der Waals surface area (Å²) in [5.74, 6) is 3.68. The Kier molecular flexibility index (Phi) is 4.52. The van der Waals surface area contributed by atoms with Gasteiger partial charge in [-0.1, -0.05) is 11.2 Å². The van der Waals surface area contributed by atoms with Crippen molar-refractivity contribution in [1.82, 2.24) is 15.5 Å². The van der Waals surface area contributed by atoms with E-state index in [1.54, 1.807) is 7.11 Å². The Balaban J connectivity index is 1.43. The summed E-state index contributed by atoms with van der Waals surface area (Å²) in [6.07, 6.45) is 6.46. The fourth-order valence-electron chi connectivity index (χ4n) is 3.93. The van der Waals surface area contributed by atoms with Gasteiger partial charge < -0.3 is 14.6 Å². The normalized spacial score (nSPS) is 21.5. The van der Waals surface area contributed by atoms with Gasteiger partial charge in [0.05, 0.1) is 7.11 Å². The van der Waals surface area contributed by atoms with Crippen molar-refractivity contribution < 1.29 is 9.26 Å². The lowest BCUT2D eigenvalue weighted by Gasteiger charge is -2.22. The second-order valence-electron chi connectivity index (χ2n) is 7.02. The van der Waals surface area contributed by atoms with Crippen molar-refractivity contribution in [2.75, 3.05) is 20.2 Å². The predicted octanol–water partition coefficient (Wildman–Crippen LogP) is 2.89. The van der Waals surface area contributed by atoms with Gasteiger partial charge in [-0.05, 0) is 74.4 Å². The molecule has 24 heavy (non-hydrogen) atoms.